The average Bonchev–Trinajstić information content (AvgIpc) is 2.39. The topological polar surface area (TPSA) is 131 Å². The van der Waals surface area contributed by atoms with E-state index >= 15 is 0 Å². The first-order chi connectivity index (χ1) is 9.49. The number of rotatable bonds is 4. The van der Waals surface area contributed by atoms with E-state index in [-0.39, 0.29) is 17.2 Å². The lowest BCUT2D eigenvalue weighted by molar-refractivity contribution is -0.384. The third kappa shape index (κ3) is 2.69. The molecule has 8 heteroatoms. The first kappa shape index (κ1) is 13.4. The molecule has 8 nitrogen and oxygen atoms in total. The molecule has 0 aliphatic rings. The van der Waals surface area contributed by atoms with Crippen LogP contribution >= 0.6 is 0 Å². The number of non-ortho nitro benzene ring substituents is 1. The van der Waals surface area contributed by atoms with E-state index < -0.39 is 4.92 Å². The second kappa shape index (κ2) is 5.31. The Morgan fingerprint density at radius 2 is 2.00 bits per heavy atom. The van der Waals surface area contributed by atoms with Gasteiger partial charge in [-0.2, -0.15) is 0 Å². The molecule has 0 bridgehead atoms. The molecule has 2 rings (SSSR count). The molecule has 0 saturated heterocycles. The maximum Gasteiger partial charge on any atom is 0.269 e. The number of nitrogen functional groups attached to an aromatic ring is 1. The Morgan fingerprint density at radius 3 is 2.55 bits per heavy atom. The Bertz CT molecular complexity index is 668. The van der Waals surface area contributed by atoms with Crippen molar-refractivity contribution >= 4 is 28.7 Å². The monoisotopic (exact) mass is 272 g/mol. The Labute approximate surface area is 114 Å². The van der Waals surface area contributed by atoms with Crippen molar-refractivity contribution in [3.05, 3.63) is 46.3 Å². The number of anilines is 3. The van der Waals surface area contributed by atoms with Crippen LogP contribution in [0, 0.1) is 15.5 Å². The normalized spacial score (nSPS) is 10.1. The molecule has 0 saturated carbocycles. The predicted octanol–water partition coefficient (Wildman–Crippen LogP) is 2.10. The molecule has 2 aromatic rings. The minimum Gasteiger partial charge on any atom is -0.383 e. The zero-order valence-corrected chi connectivity index (χ0v) is 10.6. The van der Waals surface area contributed by atoms with Crippen LogP contribution in [0.25, 0.3) is 0 Å². The zero-order chi connectivity index (χ0) is 14.7. The summed E-state index contributed by atoms with van der Waals surface area (Å²) in [7, 11) is 0. The minimum atomic E-state index is -0.473. The Balaban J connectivity index is 2.33. The molecule has 20 heavy (non-hydrogen) atoms. The third-order valence-corrected chi connectivity index (χ3v) is 2.59. The fraction of sp³-hybridized carbons (Fsp3) is 0.0833. The number of aromatic nitrogens is 2. The van der Waals surface area contributed by atoms with Gasteiger partial charge in [-0.15, -0.1) is 0 Å². The van der Waals surface area contributed by atoms with Gasteiger partial charge in [-0.1, -0.05) is 0 Å². The molecule has 102 valence electrons. The summed E-state index contributed by atoms with van der Waals surface area (Å²) >= 11 is 0. The Kier molecular flexibility index (Phi) is 3.56. The molecule has 0 aliphatic carbocycles. The highest BCUT2D eigenvalue weighted by atomic mass is 16.6. The van der Waals surface area contributed by atoms with Crippen molar-refractivity contribution in [1.29, 1.82) is 5.41 Å². The van der Waals surface area contributed by atoms with Crippen molar-refractivity contribution in [2.45, 2.75) is 6.92 Å². The summed E-state index contributed by atoms with van der Waals surface area (Å²) in [6.45, 7) is 1.58. The maximum absolute atomic E-state index is 10.6. The lowest BCUT2D eigenvalue weighted by Gasteiger charge is -2.11. The van der Waals surface area contributed by atoms with E-state index in [0.29, 0.717) is 17.1 Å². The summed E-state index contributed by atoms with van der Waals surface area (Å²) in [5, 5.41) is 21.2. The number of nitro benzene ring substituents is 1. The van der Waals surface area contributed by atoms with Crippen molar-refractivity contribution in [1.82, 2.24) is 9.97 Å². The molecule has 1 heterocycles. The number of nitrogens with one attached hydrogen (secondary N) is 2. The van der Waals surface area contributed by atoms with Crippen LogP contribution in [0.3, 0.4) is 0 Å². The third-order valence-electron chi connectivity index (χ3n) is 2.59. The van der Waals surface area contributed by atoms with Crippen molar-refractivity contribution in [2.24, 2.45) is 0 Å². The molecule has 1 aromatic carbocycles. The van der Waals surface area contributed by atoms with Crippen LogP contribution in [0.4, 0.5) is 23.0 Å². The van der Waals surface area contributed by atoms with E-state index in [1.807, 2.05) is 0 Å². The van der Waals surface area contributed by atoms with Crippen LogP contribution in [0.15, 0.2) is 30.6 Å². The van der Waals surface area contributed by atoms with Gasteiger partial charge in [-0.25, -0.2) is 9.97 Å². The smallest absolute Gasteiger partial charge is 0.269 e. The summed E-state index contributed by atoms with van der Waals surface area (Å²) in [5.41, 5.74) is 6.96. The number of nitrogens with two attached hydrogens (primary N) is 1. The van der Waals surface area contributed by atoms with Crippen molar-refractivity contribution < 1.29 is 4.92 Å². The van der Waals surface area contributed by atoms with Crippen LogP contribution in [0.2, 0.25) is 0 Å². The van der Waals surface area contributed by atoms with Gasteiger partial charge in [-0.3, -0.25) is 10.1 Å². The van der Waals surface area contributed by atoms with E-state index in [2.05, 4.69) is 15.3 Å². The summed E-state index contributed by atoms with van der Waals surface area (Å²) in [6, 6.07) is 5.87. The Hall–Kier alpha value is -3.03. The lowest BCUT2D eigenvalue weighted by atomic mass is 10.2. The van der Waals surface area contributed by atoms with Gasteiger partial charge in [-0.05, 0) is 19.1 Å². The van der Waals surface area contributed by atoms with E-state index in [4.69, 9.17) is 11.1 Å². The summed E-state index contributed by atoms with van der Waals surface area (Å²) < 4.78 is 0. The van der Waals surface area contributed by atoms with Crippen LogP contribution in [0.1, 0.15) is 12.5 Å². The van der Waals surface area contributed by atoms with Gasteiger partial charge in [0.1, 0.15) is 18.0 Å². The molecular formula is C12H12N6O2. The van der Waals surface area contributed by atoms with Crippen LogP contribution in [-0.2, 0) is 0 Å². The summed E-state index contributed by atoms with van der Waals surface area (Å²) in [4.78, 5) is 18.0. The van der Waals surface area contributed by atoms with Crippen molar-refractivity contribution in [3.63, 3.8) is 0 Å². The molecule has 0 spiro atoms. The van der Waals surface area contributed by atoms with E-state index in [9.17, 15) is 10.1 Å². The van der Waals surface area contributed by atoms with Crippen LogP contribution in [0.5, 0.6) is 0 Å². The van der Waals surface area contributed by atoms with Gasteiger partial charge in [0.25, 0.3) is 5.69 Å². The fourth-order valence-electron chi connectivity index (χ4n) is 1.67. The molecule has 0 atom stereocenters. The average molecular weight is 272 g/mol. The van der Waals surface area contributed by atoms with Crippen molar-refractivity contribution in [2.75, 3.05) is 11.1 Å². The second-order valence-electron chi connectivity index (χ2n) is 4.04. The number of hydrogen-bond acceptors (Lipinski definition) is 7. The largest absolute Gasteiger partial charge is 0.383 e. The first-order valence-corrected chi connectivity index (χ1v) is 5.66. The fourth-order valence-corrected chi connectivity index (χ4v) is 1.67. The number of nitrogens with zero attached hydrogens (tertiary/aromatic N) is 3. The van der Waals surface area contributed by atoms with Gasteiger partial charge >= 0.3 is 0 Å². The van der Waals surface area contributed by atoms with Gasteiger partial charge in [0.2, 0.25) is 0 Å². The highest BCUT2D eigenvalue weighted by molar-refractivity contribution is 6.04. The quantitative estimate of drug-likeness (QED) is 0.443. The van der Waals surface area contributed by atoms with Gasteiger partial charge < -0.3 is 16.5 Å². The zero-order valence-electron chi connectivity index (χ0n) is 10.6. The number of benzene rings is 1. The lowest BCUT2D eigenvalue weighted by Crippen LogP contribution is -2.08. The molecule has 4 N–H and O–H groups in total. The molecule has 0 unspecified atom stereocenters. The Morgan fingerprint density at radius 1 is 1.35 bits per heavy atom. The number of nitro groups is 1. The molecule has 0 aliphatic heterocycles. The van der Waals surface area contributed by atoms with Crippen LogP contribution in [-0.4, -0.2) is 20.6 Å². The standard InChI is InChI=1S/C12H12N6O2/c1-7(13)10-11(14)15-6-16-12(10)17-8-2-4-9(5-3-8)18(19)20/h2-6,13H,1H3,(H3,14,15,16,17). The van der Waals surface area contributed by atoms with Crippen LogP contribution < -0.4 is 11.1 Å². The van der Waals surface area contributed by atoms with Gasteiger partial charge in [0.15, 0.2) is 0 Å². The second-order valence-corrected chi connectivity index (χ2v) is 4.04. The maximum atomic E-state index is 10.6. The van der Waals surface area contributed by atoms with E-state index in [0.717, 1.165) is 0 Å². The number of hydrogen-bond donors (Lipinski definition) is 3. The highest BCUT2D eigenvalue weighted by Crippen LogP contribution is 2.23. The van der Waals surface area contributed by atoms with E-state index in [1.54, 1.807) is 19.1 Å². The van der Waals surface area contributed by atoms with Gasteiger partial charge in [0, 0.05) is 23.5 Å². The summed E-state index contributed by atoms with van der Waals surface area (Å²) in [6.07, 6.45) is 1.29. The van der Waals surface area contributed by atoms with Crippen molar-refractivity contribution in [3.8, 4) is 0 Å². The molecular weight excluding hydrogens is 260 g/mol. The van der Waals surface area contributed by atoms with E-state index in [1.165, 1.54) is 18.5 Å². The molecule has 0 fully saturated rings. The molecule has 1 aromatic heterocycles. The minimum absolute atomic E-state index is 0.00112. The predicted molar refractivity (Wildman–Crippen MR) is 75.3 cm³/mol. The molecule has 0 amide bonds. The van der Waals surface area contributed by atoms with Gasteiger partial charge in [0.05, 0.1) is 10.5 Å². The molecule has 0 radical (unpaired) electrons. The summed E-state index contributed by atoms with van der Waals surface area (Å²) in [5.74, 6) is 0.593. The highest BCUT2D eigenvalue weighted by Gasteiger charge is 2.12. The first-order valence-electron chi connectivity index (χ1n) is 5.66. The SMILES string of the molecule is CC(=N)c1c(N)ncnc1Nc1ccc([N+](=O)[O-])cc1.